The van der Waals surface area contributed by atoms with Crippen LogP contribution in [0.25, 0.3) is 10.1 Å². The summed E-state index contributed by atoms with van der Waals surface area (Å²) in [6.45, 7) is 2.50. The fraction of sp³-hybridized carbons (Fsp3) is 0.286. The predicted octanol–water partition coefficient (Wildman–Crippen LogP) is 4.52. The largest absolute Gasteiger partial charge is 0.497 e. The molecule has 5 nitrogen and oxygen atoms in total. The molecule has 0 bridgehead atoms. The van der Waals surface area contributed by atoms with E-state index in [1.165, 1.54) is 15.6 Å². The Morgan fingerprint density at radius 3 is 2.74 bits per heavy atom. The number of fused-ring (bicyclic) bond motifs is 1. The maximum Gasteiger partial charge on any atom is 0.315 e. The van der Waals surface area contributed by atoms with Gasteiger partial charge in [0.25, 0.3) is 0 Å². The zero-order chi connectivity index (χ0) is 19.2. The van der Waals surface area contributed by atoms with Crippen molar-refractivity contribution in [2.24, 2.45) is 0 Å². The minimum atomic E-state index is -0.211. The molecule has 27 heavy (non-hydrogen) atoms. The standard InChI is InChI=1S/C21H24N2O3S/c1-14(18-12-16(25-2)8-9-19(18)26-3)23-21(24)22-11-10-15-13-27-20-7-5-4-6-17(15)20/h4-9,12-14H,10-11H2,1-3H3,(H2,22,23,24). The average molecular weight is 385 g/mol. The Labute approximate surface area is 163 Å². The number of hydrogen-bond acceptors (Lipinski definition) is 4. The Morgan fingerprint density at radius 2 is 1.96 bits per heavy atom. The van der Waals surface area contributed by atoms with E-state index in [1.54, 1.807) is 25.6 Å². The fourth-order valence-electron chi connectivity index (χ4n) is 3.04. The van der Waals surface area contributed by atoms with E-state index in [2.05, 4.69) is 28.1 Å². The molecule has 6 heteroatoms. The average Bonchev–Trinajstić information content (AvgIpc) is 3.10. The third-order valence-electron chi connectivity index (χ3n) is 4.49. The first-order valence-electron chi connectivity index (χ1n) is 8.83. The molecule has 0 spiro atoms. The molecule has 1 atom stereocenters. The summed E-state index contributed by atoms with van der Waals surface area (Å²) in [5, 5.41) is 9.32. The van der Waals surface area contributed by atoms with Gasteiger partial charge in [-0.1, -0.05) is 18.2 Å². The summed E-state index contributed by atoms with van der Waals surface area (Å²) in [7, 11) is 3.23. The van der Waals surface area contributed by atoms with Gasteiger partial charge in [-0.25, -0.2) is 4.79 Å². The van der Waals surface area contributed by atoms with Crippen LogP contribution in [0.1, 0.15) is 24.1 Å². The van der Waals surface area contributed by atoms with Crippen LogP contribution < -0.4 is 20.1 Å². The number of hydrogen-bond donors (Lipinski definition) is 2. The highest BCUT2D eigenvalue weighted by molar-refractivity contribution is 7.17. The van der Waals surface area contributed by atoms with Crippen LogP contribution in [0.15, 0.2) is 47.8 Å². The normalized spacial score (nSPS) is 11.8. The zero-order valence-corrected chi connectivity index (χ0v) is 16.6. The van der Waals surface area contributed by atoms with Crippen LogP contribution in [0, 0.1) is 0 Å². The molecule has 1 heterocycles. The maximum atomic E-state index is 12.3. The molecule has 0 aliphatic rings. The highest BCUT2D eigenvalue weighted by atomic mass is 32.1. The molecule has 1 unspecified atom stereocenters. The van der Waals surface area contributed by atoms with Gasteiger partial charge in [0.05, 0.1) is 20.3 Å². The second-order valence-corrected chi connectivity index (χ2v) is 7.15. The molecule has 2 amide bonds. The second-order valence-electron chi connectivity index (χ2n) is 6.24. The van der Waals surface area contributed by atoms with Gasteiger partial charge in [-0.05, 0) is 53.9 Å². The number of carbonyl (C=O) groups is 1. The molecule has 2 N–H and O–H groups in total. The molecule has 1 aromatic heterocycles. The van der Waals surface area contributed by atoms with E-state index in [0.717, 1.165) is 17.7 Å². The monoisotopic (exact) mass is 384 g/mol. The van der Waals surface area contributed by atoms with Gasteiger partial charge < -0.3 is 20.1 Å². The number of nitrogens with one attached hydrogen (secondary N) is 2. The fourth-order valence-corrected chi connectivity index (χ4v) is 4.04. The van der Waals surface area contributed by atoms with Crippen LogP contribution in [0.3, 0.4) is 0 Å². The summed E-state index contributed by atoms with van der Waals surface area (Å²) in [6.07, 6.45) is 0.800. The predicted molar refractivity (Wildman–Crippen MR) is 110 cm³/mol. The lowest BCUT2D eigenvalue weighted by Gasteiger charge is -2.18. The van der Waals surface area contributed by atoms with Crippen molar-refractivity contribution in [2.45, 2.75) is 19.4 Å². The lowest BCUT2D eigenvalue weighted by Crippen LogP contribution is -2.38. The SMILES string of the molecule is COc1ccc(OC)c(C(C)NC(=O)NCCc2csc3ccccc23)c1. The second kappa shape index (κ2) is 8.77. The maximum absolute atomic E-state index is 12.3. The van der Waals surface area contributed by atoms with Gasteiger partial charge in [0.1, 0.15) is 11.5 Å². The number of benzene rings is 2. The van der Waals surface area contributed by atoms with Crippen molar-refractivity contribution in [2.75, 3.05) is 20.8 Å². The topological polar surface area (TPSA) is 59.6 Å². The molecule has 2 aromatic carbocycles. The van der Waals surface area contributed by atoms with E-state index < -0.39 is 0 Å². The number of methoxy groups -OCH3 is 2. The van der Waals surface area contributed by atoms with Crippen LogP contribution in [-0.2, 0) is 6.42 Å². The first-order valence-corrected chi connectivity index (χ1v) is 9.71. The molecule has 0 aliphatic carbocycles. The van der Waals surface area contributed by atoms with E-state index in [1.807, 2.05) is 37.3 Å². The van der Waals surface area contributed by atoms with Gasteiger partial charge in [-0.3, -0.25) is 0 Å². The van der Waals surface area contributed by atoms with Crippen molar-refractivity contribution in [3.05, 3.63) is 59.0 Å². The first-order chi connectivity index (χ1) is 13.1. The molecule has 0 radical (unpaired) electrons. The molecule has 0 fully saturated rings. The summed E-state index contributed by atoms with van der Waals surface area (Å²) in [5.41, 5.74) is 2.13. The Morgan fingerprint density at radius 1 is 1.15 bits per heavy atom. The Hall–Kier alpha value is -2.73. The summed E-state index contributed by atoms with van der Waals surface area (Å²) < 4.78 is 11.9. The molecule has 0 saturated heterocycles. The van der Waals surface area contributed by atoms with E-state index in [4.69, 9.17) is 9.47 Å². The Kier molecular flexibility index (Phi) is 6.19. The molecule has 0 aliphatic heterocycles. The highest BCUT2D eigenvalue weighted by Gasteiger charge is 2.15. The van der Waals surface area contributed by atoms with Crippen molar-refractivity contribution in [1.29, 1.82) is 0 Å². The van der Waals surface area contributed by atoms with Crippen LogP contribution in [0.4, 0.5) is 4.79 Å². The molecule has 3 rings (SSSR count). The van der Waals surface area contributed by atoms with Crippen molar-refractivity contribution in [3.63, 3.8) is 0 Å². The van der Waals surface area contributed by atoms with Crippen LogP contribution in [-0.4, -0.2) is 26.8 Å². The van der Waals surface area contributed by atoms with E-state index in [0.29, 0.717) is 12.3 Å². The van der Waals surface area contributed by atoms with Crippen LogP contribution in [0.5, 0.6) is 11.5 Å². The number of ether oxygens (including phenoxy) is 2. The summed E-state index contributed by atoms with van der Waals surface area (Å²) in [4.78, 5) is 12.3. The quantitative estimate of drug-likeness (QED) is 0.630. The van der Waals surface area contributed by atoms with Gasteiger partial charge in [-0.15, -0.1) is 11.3 Å². The Bertz CT molecular complexity index is 923. The molecule has 3 aromatic rings. The molecular weight excluding hydrogens is 360 g/mol. The lowest BCUT2D eigenvalue weighted by atomic mass is 10.1. The summed E-state index contributed by atoms with van der Waals surface area (Å²) in [5.74, 6) is 1.44. The smallest absolute Gasteiger partial charge is 0.315 e. The van der Waals surface area contributed by atoms with Crippen LogP contribution in [0.2, 0.25) is 0 Å². The number of rotatable bonds is 7. The van der Waals surface area contributed by atoms with Gasteiger partial charge in [0.15, 0.2) is 0 Å². The number of urea groups is 1. The van der Waals surface area contributed by atoms with Crippen molar-refractivity contribution in [3.8, 4) is 11.5 Å². The van der Waals surface area contributed by atoms with Crippen molar-refractivity contribution in [1.82, 2.24) is 10.6 Å². The van der Waals surface area contributed by atoms with Gasteiger partial charge in [0.2, 0.25) is 0 Å². The zero-order valence-electron chi connectivity index (χ0n) is 15.7. The highest BCUT2D eigenvalue weighted by Crippen LogP contribution is 2.29. The first kappa shape index (κ1) is 19.0. The number of thiophene rings is 1. The van der Waals surface area contributed by atoms with Gasteiger partial charge >= 0.3 is 6.03 Å². The summed E-state index contributed by atoms with van der Waals surface area (Å²) >= 11 is 1.73. The Balaban J connectivity index is 1.56. The van der Waals surface area contributed by atoms with Gasteiger partial charge in [0, 0.05) is 16.8 Å². The molecular formula is C21H24N2O3S. The lowest BCUT2D eigenvalue weighted by molar-refractivity contribution is 0.238. The van der Waals surface area contributed by atoms with Crippen molar-refractivity contribution >= 4 is 27.5 Å². The molecule has 142 valence electrons. The minimum Gasteiger partial charge on any atom is -0.497 e. The third-order valence-corrected chi connectivity index (χ3v) is 5.50. The molecule has 0 saturated carbocycles. The van der Waals surface area contributed by atoms with E-state index in [-0.39, 0.29) is 12.1 Å². The third kappa shape index (κ3) is 4.52. The van der Waals surface area contributed by atoms with Crippen LogP contribution >= 0.6 is 11.3 Å². The van der Waals surface area contributed by atoms with E-state index in [9.17, 15) is 4.79 Å². The number of amides is 2. The van der Waals surface area contributed by atoms with Gasteiger partial charge in [-0.2, -0.15) is 0 Å². The summed E-state index contributed by atoms with van der Waals surface area (Å²) in [6, 6.07) is 13.5. The number of carbonyl (C=O) groups excluding carboxylic acids is 1. The van der Waals surface area contributed by atoms with Crippen molar-refractivity contribution < 1.29 is 14.3 Å². The minimum absolute atomic E-state index is 0.202. The van der Waals surface area contributed by atoms with E-state index >= 15 is 0 Å².